The predicted molar refractivity (Wildman–Crippen MR) is 79.6 cm³/mol. The summed E-state index contributed by atoms with van der Waals surface area (Å²) < 4.78 is 0. The SMILES string of the molecule is CC1(C)CCCNC1CNC(=O)Cc1ccccc1O. The molecule has 1 amide bonds. The molecule has 0 radical (unpaired) electrons. The highest BCUT2D eigenvalue weighted by Gasteiger charge is 2.31. The third-order valence-corrected chi connectivity index (χ3v) is 4.18. The molecule has 1 atom stereocenters. The Morgan fingerprint density at radius 2 is 2.20 bits per heavy atom. The van der Waals surface area contributed by atoms with Crippen molar-refractivity contribution in [2.75, 3.05) is 13.1 Å². The number of hydrogen-bond donors (Lipinski definition) is 3. The van der Waals surface area contributed by atoms with Crippen molar-refractivity contribution in [1.82, 2.24) is 10.6 Å². The molecule has 3 N–H and O–H groups in total. The average Bonchev–Trinajstić information content (AvgIpc) is 2.40. The topological polar surface area (TPSA) is 61.4 Å². The molecule has 1 saturated heterocycles. The number of para-hydroxylation sites is 1. The van der Waals surface area contributed by atoms with Crippen molar-refractivity contribution in [2.24, 2.45) is 5.41 Å². The number of phenolic OH excluding ortho intramolecular Hbond substituents is 1. The summed E-state index contributed by atoms with van der Waals surface area (Å²) in [5.41, 5.74) is 0.876. The molecule has 1 aromatic rings. The molecule has 0 aromatic heterocycles. The van der Waals surface area contributed by atoms with Crippen molar-refractivity contribution >= 4 is 5.91 Å². The Morgan fingerprint density at radius 3 is 2.90 bits per heavy atom. The van der Waals surface area contributed by atoms with E-state index >= 15 is 0 Å². The van der Waals surface area contributed by atoms with Gasteiger partial charge in [0.15, 0.2) is 0 Å². The van der Waals surface area contributed by atoms with Crippen molar-refractivity contribution in [3.8, 4) is 5.75 Å². The molecule has 4 nitrogen and oxygen atoms in total. The fraction of sp³-hybridized carbons (Fsp3) is 0.562. The minimum absolute atomic E-state index is 0.0466. The van der Waals surface area contributed by atoms with E-state index in [1.54, 1.807) is 18.2 Å². The van der Waals surface area contributed by atoms with Gasteiger partial charge in [-0.3, -0.25) is 4.79 Å². The smallest absolute Gasteiger partial charge is 0.224 e. The van der Waals surface area contributed by atoms with E-state index in [2.05, 4.69) is 24.5 Å². The molecule has 4 heteroatoms. The van der Waals surface area contributed by atoms with Crippen LogP contribution in [0.25, 0.3) is 0 Å². The van der Waals surface area contributed by atoms with E-state index < -0.39 is 0 Å². The van der Waals surface area contributed by atoms with E-state index in [9.17, 15) is 9.90 Å². The first-order valence-electron chi connectivity index (χ1n) is 7.26. The van der Waals surface area contributed by atoms with Crippen molar-refractivity contribution < 1.29 is 9.90 Å². The molecule has 1 aliphatic heterocycles. The number of nitrogens with one attached hydrogen (secondary N) is 2. The van der Waals surface area contributed by atoms with Crippen molar-refractivity contribution in [3.05, 3.63) is 29.8 Å². The van der Waals surface area contributed by atoms with Gasteiger partial charge in [-0.2, -0.15) is 0 Å². The minimum Gasteiger partial charge on any atom is -0.508 e. The molecule has 0 spiro atoms. The first-order chi connectivity index (χ1) is 9.49. The Hall–Kier alpha value is -1.55. The lowest BCUT2D eigenvalue weighted by Gasteiger charge is -2.39. The molecular weight excluding hydrogens is 252 g/mol. The molecular formula is C16H24N2O2. The van der Waals surface area contributed by atoms with Gasteiger partial charge in [0, 0.05) is 18.2 Å². The second kappa shape index (κ2) is 6.27. The van der Waals surface area contributed by atoms with E-state index in [4.69, 9.17) is 0 Å². The number of hydrogen-bond acceptors (Lipinski definition) is 3. The van der Waals surface area contributed by atoms with Gasteiger partial charge in [-0.25, -0.2) is 0 Å². The number of amides is 1. The Labute approximate surface area is 120 Å². The van der Waals surface area contributed by atoms with E-state index in [0.717, 1.165) is 6.54 Å². The van der Waals surface area contributed by atoms with Crippen LogP contribution >= 0.6 is 0 Å². The van der Waals surface area contributed by atoms with Gasteiger partial charge in [-0.1, -0.05) is 32.0 Å². The van der Waals surface area contributed by atoms with E-state index in [-0.39, 0.29) is 23.5 Å². The van der Waals surface area contributed by atoms with Crippen molar-refractivity contribution in [1.29, 1.82) is 0 Å². The van der Waals surface area contributed by atoms with Gasteiger partial charge in [0.1, 0.15) is 5.75 Å². The van der Waals surface area contributed by atoms with Crippen LogP contribution < -0.4 is 10.6 Å². The molecule has 110 valence electrons. The highest BCUT2D eigenvalue weighted by Crippen LogP contribution is 2.29. The summed E-state index contributed by atoms with van der Waals surface area (Å²) in [6, 6.07) is 7.27. The van der Waals surface area contributed by atoms with Crippen LogP contribution in [0, 0.1) is 5.41 Å². The summed E-state index contributed by atoms with van der Waals surface area (Å²) in [7, 11) is 0. The zero-order valence-corrected chi connectivity index (χ0v) is 12.3. The van der Waals surface area contributed by atoms with Crippen molar-refractivity contribution in [3.63, 3.8) is 0 Å². The number of aromatic hydroxyl groups is 1. The second-order valence-electron chi connectivity index (χ2n) is 6.21. The lowest BCUT2D eigenvalue weighted by atomic mass is 9.77. The number of phenols is 1. The summed E-state index contributed by atoms with van der Waals surface area (Å²) in [5, 5.41) is 16.1. The first-order valence-corrected chi connectivity index (χ1v) is 7.26. The monoisotopic (exact) mass is 276 g/mol. The zero-order chi connectivity index (χ0) is 14.6. The number of piperidine rings is 1. The largest absolute Gasteiger partial charge is 0.508 e. The maximum atomic E-state index is 12.0. The molecule has 1 fully saturated rings. The van der Waals surface area contributed by atoms with Crippen molar-refractivity contribution in [2.45, 2.75) is 39.2 Å². The Morgan fingerprint density at radius 1 is 1.45 bits per heavy atom. The van der Waals surface area contributed by atoms with Crippen LogP contribution in [0.1, 0.15) is 32.3 Å². The predicted octanol–water partition coefficient (Wildman–Crippen LogP) is 1.83. The summed E-state index contributed by atoms with van der Waals surface area (Å²) in [6.07, 6.45) is 2.59. The fourth-order valence-corrected chi connectivity index (χ4v) is 2.73. The third kappa shape index (κ3) is 3.73. The zero-order valence-electron chi connectivity index (χ0n) is 12.3. The summed E-state index contributed by atoms with van der Waals surface area (Å²) in [4.78, 5) is 12.0. The normalized spacial score (nSPS) is 21.4. The average molecular weight is 276 g/mol. The van der Waals surface area contributed by atoms with Crippen LogP contribution in [-0.4, -0.2) is 30.1 Å². The second-order valence-corrected chi connectivity index (χ2v) is 6.21. The molecule has 0 bridgehead atoms. The van der Waals surface area contributed by atoms with Crippen LogP contribution in [0.15, 0.2) is 24.3 Å². The number of carbonyl (C=O) groups is 1. The molecule has 1 aromatic carbocycles. The third-order valence-electron chi connectivity index (χ3n) is 4.18. The standard InChI is InChI=1S/C16H24N2O2/c1-16(2)8-5-9-17-14(16)11-18-15(20)10-12-6-3-4-7-13(12)19/h3-4,6-7,14,17,19H,5,8-11H2,1-2H3,(H,18,20). The molecule has 1 aliphatic rings. The summed E-state index contributed by atoms with van der Waals surface area (Å²) in [5.74, 6) is 0.133. The first kappa shape index (κ1) is 14.9. The van der Waals surface area contributed by atoms with Crippen LogP contribution in [0.3, 0.4) is 0 Å². The molecule has 0 aliphatic carbocycles. The van der Waals surface area contributed by atoms with E-state index in [0.29, 0.717) is 18.2 Å². The van der Waals surface area contributed by atoms with Crippen LogP contribution in [0.4, 0.5) is 0 Å². The van der Waals surface area contributed by atoms with Gasteiger partial charge in [-0.15, -0.1) is 0 Å². The maximum Gasteiger partial charge on any atom is 0.224 e. The van der Waals surface area contributed by atoms with Gasteiger partial charge < -0.3 is 15.7 Å². The highest BCUT2D eigenvalue weighted by atomic mass is 16.3. The van der Waals surface area contributed by atoms with Crippen LogP contribution in [-0.2, 0) is 11.2 Å². The van der Waals surface area contributed by atoms with Crippen LogP contribution in [0.5, 0.6) is 5.75 Å². The number of rotatable bonds is 4. The Kier molecular flexibility index (Phi) is 4.65. The summed E-state index contributed by atoms with van der Waals surface area (Å²) in [6.45, 7) is 6.13. The van der Waals surface area contributed by atoms with Gasteiger partial charge in [0.25, 0.3) is 0 Å². The quantitative estimate of drug-likeness (QED) is 0.786. The van der Waals surface area contributed by atoms with Gasteiger partial charge in [-0.05, 0) is 30.9 Å². The van der Waals surface area contributed by atoms with E-state index in [1.807, 2.05) is 6.07 Å². The van der Waals surface area contributed by atoms with Gasteiger partial charge >= 0.3 is 0 Å². The molecule has 2 rings (SSSR count). The van der Waals surface area contributed by atoms with E-state index in [1.165, 1.54) is 12.8 Å². The summed E-state index contributed by atoms with van der Waals surface area (Å²) >= 11 is 0. The lowest BCUT2D eigenvalue weighted by molar-refractivity contribution is -0.120. The minimum atomic E-state index is -0.0466. The van der Waals surface area contributed by atoms with Gasteiger partial charge in [0.2, 0.25) is 5.91 Å². The number of benzene rings is 1. The maximum absolute atomic E-state index is 12.0. The highest BCUT2D eigenvalue weighted by molar-refractivity contribution is 5.79. The Balaban J connectivity index is 1.85. The molecule has 1 heterocycles. The molecule has 1 unspecified atom stereocenters. The molecule has 0 saturated carbocycles. The Bertz CT molecular complexity index is 471. The molecule has 20 heavy (non-hydrogen) atoms. The number of carbonyl (C=O) groups excluding carboxylic acids is 1. The lowest BCUT2D eigenvalue weighted by Crippen LogP contribution is -2.52. The van der Waals surface area contributed by atoms with Gasteiger partial charge in [0.05, 0.1) is 6.42 Å². The fourth-order valence-electron chi connectivity index (χ4n) is 2.73. The van der Waals surface area contributed by atoms with Crippen LogP contribution in [0.2, 0.25) is 0 Å².